The number of benzene rings is 1. The minimum absolute atomic E-state index is 0.0532. The number of hydrogen-bond acceptors (Lipinski definition) is 3. The first-order chi connectivity index (χ1) is 9.23. The Balaban J connectivity index is 2.32. The first-order valence-corrected chi connectivity index (χ1v) is 8.23. The molecule has 0 saturated carbocycles. The molecule has 1 aromatic carbocycles. The molecule has 0 spiro atoms. The lowest BCUT2D eigenvalue weighted by Crippen LogP contribution is -2.29. The van der Waals surface area contributed by atoms with Crippen LogP contribution >= 0.6 is 0 Å². The lowest BCUT2D eigenvalue weighted by molar-refractivity contribution is 0.388. The number of nitrogens with zero attached hydrogens (tertiary/aromatic N) is 1. The van der Waals surface area contributed by atoms with E-state index in [1.54, 1.807) is 0 Å². The Bertz CT molecular complexity index is 591. The maximum absolute atomic E-state index is 13.7. The van der Waals surface area contributed by atoms with E-state index in [0.717, 1.165) is 12.5 Å². The van der Waals surface area contributed by atoms with Gasteiger partial charge in [0.15, 0.2) is 0 Å². The van der Waals surface area contributed by atoms with Gasteiger partial charge in [-0.1, -0.05) is 13.8 Å². The second-order valence-corrected chi connectivity index (χ2v) is 7.71. The monoisotopic (exact) mass is 300 g/mol. The Morgan fingerprint density at radius 2 is 2.05 bits per heavy atom. The Morgan fingerprint density at radius 1 is 1.40 bits per heavy atom. The van der Waals surface area contributed by atoms with Gasteiger partial charge in [-0.3, -0.25) is 0 Å². The summed E-state index contributed by atoms with van der Waals surface area (Å²) in [5.74, 6) is 0.218. The third kappa shape index (κ3) is 2.67. The Morgan fingerprint density at radius 3 is 2.55 bits per heavy atom. The highest BCUT2D eigenvalue weighted by atomic mass is 32.2. The molecule has 2 N–H and O–H groups in total. The van der Waals surface area contributed by atoms with E-state index in [-0.39, 0.29) is 16.1 Å². The summed E-state index contributed by atoms with van der Waals surface area (Å²) in [6.07, 6.45) is 0.848. The zero-order chi connectivity index (χ0) is 15.1. The lowest BCUT2D eigenvalue weighted by atomic mass is 9.96. The molecule has 0 bridgehead atoms. The maximum atomic E-state index is 13.7. The van der Waals surface area contributed by atoms with E-state index < -0.39 is 15.8 Å². The zero-order valence-corrected chi connectivity index (χ0v) is 12.9. The average Bonchev–Trinajstić information content (AvgIpc) is 2.85. The van der Waals surface area contributed by atoms with Gasteiger partial charge in [-0.2, -0.15) is 4.31 Å². The van der Waals surface area contributed by atoms with Crippen LogP contribution in [0, 0.1) is 24.6 Å². The molecule has 1 saturated heterocycles. The fourth-order valence-electron chi connectivity index (χ4n) is 2.49. The first-order valence-electron chi connectivity index (χ1n) is 6.79. The van der Waals surface area contributed by atoms with Crippen LogP contribution in [0.1, 0.15) is 25.8 Å². The summed E-state index contributed by atoms with van der Waals surface area (Å²) in [6, 6.07) is 2.40. The van der Waals surface area contributed by atoms with Crippen molar-refractivity contribution in [3.63, 3.8) is 0 Å². The quantitative estimate of drug-likeness (QED) is 0.872. The highest BCUT2D eigenvalue weighted by molar-refractivity contribution is 7.89. The van der Waals surface area contributed by atoms with Crippen LogP contribution in [-0.4, -0.2) is 25.8 Å². The van der Waals surface area contributed by atoms with Crippen LogP contribution in [0.2, 0.25) is 0 Å². The van der Waals surface area contributed by atoms with Gasteiger partial charge in [0.2, 0.25) is 10.0 Å². The molecule has 0 radical (unpaired) electrons. The summed E-state index contributed by atoms with van der Waals surface area (Å²) >= 11 is 0. The summed E-state index contributed by atoms with van der Waals surface area (Å²) in [5, 5.41) is 0. The van der Waals surface area contributed by atoms with Gasteiger partial charge < -0.3 is 5.73 Å². The van der Waals surface area contributed by atoms with E-state index in [1.165, 1.54) is 17.3 Å². The van der Waals surface area contributed by atoms with E-state index in [4.69, 9.17) is 5.73 Å². The predicted octanol–water partition coefficient (Wildman–Crippen LogP) is 2.38. The number of halogens is 1. The van der Waals surface area contributed by atoms with Crippen LogP contribution in [-0.2, 0) is 10.0 Å². The Labute approximate surface area is 119 Å². The van der Waals surface area contributed by atoms with Crippen molar-refractivity contribution >= 4 is 15.7 Å². The molecular formula is C14H21FN2O2S. The minimum Gasteiger partial charge on any atom is -0.398 e. The molecule has 1 atom stereocenters. The normalized spacial score (nSPS) is 20.8. The molecule has 0 aliphatic carbocycles. The van der Waals surface area contributed by atoms with Crippen molar-refractivity contribution in [1.82, 2.24) is 4.31 Å². The Hall–Kier alpha value is -1.14. The van der Waals surface area contributed by atoms with Crippen molar-refractivity contribution in [2.75, 3.05) is 18.8 Å². The summed E-state index contributed by atoms with van der Waals surface area (Å²) in [7, 11) is -3.65. The summed E-state index contributed by atoms with van der Waals surface area (Å²) in [5.41, 5.74) is 6.12. The smallest absolute Gasteiger partial charge is 0.243 e. The van der Waals surface area contributed by atoms with Gasteiger partial charge in [-0.05, 0) is 37.3 Å². The molecule has 2 rings (SSSR count). The van der Waals surface area contributed by atoms with E-state index >= 15 is 0 Å². The molecule has 20 heavy (non-hydrogen) atoms. The number of anilines is 1. The first kappa shape index (κ1) is 15.3. The Kier molecular flexibility index (Phi) is 4.07. The van der Waals surface area contributed by atoms with Gasteiger partial charge in [0.1, 0.15) is 5.82 Å². The summed E-state index contributed by atoms with van der Waals surface area (Å²) in [4.78, 5) is -0.0532. The van der Waals surface area contributed by atoms with Crippen LogP contribution in [0.3, 0.4) is 0 Å². The minimum atomic E-state index is -3.65. The van der Waals surface area contributed by atoms with Crippen molar-refractivity contribution < 1.29 is 12.8 Å². The van der Waals surface area contributed by atoms with E-state index in [1.807, 2.05) is 0 Å². The molecule has 112 valence electrons. The van der Waals surface area contributed by atoms with Gasteiger partial charge >= 0.3 is 0 Å². The fraction of sp³-hybridized carbons (Fsp3) is 0.571. The van der Waals surface area contributed by atoms with Crippen molar-refractivity contribution in [3.8, 4) is 0 Å². The van der Waals surface area contributed by atoms with Crippen LogP contribution in [0.25, 0.3) is 0 Å². The lowest BCUT2D eigenvalue weighted by Gasteiger charge is -2.18. The third-order valence-electron chi connectivity index (χ3n) is 4.13. The predicted molar refractivity (Wildman–Crippen MR) is 77.3 cm³/mol. The van der Waals surface area contributed by atoms with Crippen LogP contribution in [0.5, 0.6) is 0 Å². The highest BCUT2D eigenvalue weighted by Gasteiger charge is 2.34. The zero-order valence-electron chi connectivity index (χ0n) is 12.1. The molecular weight excluding hydrogens is 279 g/mol. The second-order valence-electron chi connectivity index (χ2n) is 5.78. The molecule has 0 amide bonds. The van der Waals surface area contributed by atoms with Gasteiger partial charge in [0, 0.05) is 24.3 Å². The third-order valence-corrected chi connectivity index (χ3v) is 5.97. The van der Waals surface area contributed by atoms with Crippen molar-refractivity contribution in [1.29, 1.82) is 0 Å². The van der Waals surface area contributed by atoms with Gasteiger partial charge in [-0.25, -0.2) is 12.8 Å². The molecule has 1 fully saturated rings. The standard InChI is InChI=1S/C14H21FN2O2S/c1-9(2)11-4-5-17(8-11)20(18,19)12-6-13(15)10(3)14(16)7-12/h6-7,9,11H,4-5,8,16H2,1-3H3. The molecule has 1 aromatic rings. The van der Waals surface area contributed by atoms with Crippen molar-refractivity contribution in [2.45, 2.75) is 32.1 Å². The number of nitrogens with two attached hydrogens (primary N) is 1. The van der Waals surface area contributed by atoms with Crippen LogP contribution in [0.15, 0.2) is 17.0 Å². The molecule has 0 aromatic heterocycles. The van der Waals surface area contributed by atoms with Gasteiger partial charge in [0.25, 0.3) is 0 Å². The largest absolute Gasteiger partial charge is 0.398 e. The van der Waals surface area contributed by atoms with Crippen molar-refractivity contribution in [2.24, 2.45) is 11.8 Å². The molecule has 6 heteroatoms. The van der Waals surface area contributed by atoms with E-state index in [9.17, 15) is 12.8 Å². The summed E-state index contributed by atoms with van der Waals surface area (Å²) < 4.78 is 40.2. The van der Waals surface area contributed by atoms with Gasteiger partial charge in [0.05, 0.1) is 4.90 Å². The SMILES string of the molecule is Cc1c(N)cc(S(=O)(=O)N2CCC(C(C)C)C2)cc1F. The van der Waals surface area contributed by atoms with E-state index in [2.05, 4.69) is 13.8 Å². The molecule has 1 unspecified atom stereocenters. The van der Waals surface area contributed by atoms with Gasteiger partial charge in [-0.15, -0.1) is 0 Å². The van der Waals surface area contributed by atoms with Crippen LogP contribution < -0.4 is 5.73 Å². The maximum Gasteiger partial charge on any atom is 0.243 e. The van der Waals surface area contributed by atoms with Crippen LogP contribution in [0.4, 0.5) is 10.1 Å². The highest BCUT2D eigenvalue weighted by Crippen LogP contribution is 2.30. The molecule has 1 heterocycles. The molecule has 1 aliphatic heterocycles. The number of hydrogen-bond donors (Lipinski definition) is 1. The number of rotatable bonds is 3. The van der Waals surface area contributed by atoms with E-state index in [0.29, 0.717) is 24.9 Å². The topological polar surface area (TPSA) is 63.4 Å². The molecule has 1 aliphatic rings. The number of nitrogen functional groups attached to an aromatic ring is 1. The summed E-state index contributed by atoms with van der Waals surface area (Å²) in [6.45, 7) is 6.69. The fourth-order valence-corrected chi connectivity index (χ4v) is 4.05. The number of sulfonamides is 1. The second kappa shape index (κ2) is 5.33. The van der Waals surface area contributed by atoms with Crippen molar-refractivity contribution in [3.05, 3.63) is 23.5 Å². The molecule has 4 nitrogen and oxygen atoms in total. The average molecular weight is 300 g/mol.